The van der Waals surface area contributed by atoms with Crippen molar-refractivity contribution in [1.29, 1.82) is 0 Å². The molecule has 0 aliphatic carbocycles. The molecule has 1 atom stereocenters. The van der Waals surface area contributed by atoms with Gasteiger partial charge in [-0.2, -0.15) is 11.8 Å². The highest BCUT2D eigenvalue weighted by molar-refractivity contribution is 7.99. The van der Waals surface area contributed by atoms with Crippen molar-refractivity contribution in [2.75, 3.05) is 12.4 Å². The smallest absolute Gasteiger partial charge is 0.305 e. The Morgan fingerprint density at radius 3 is 2.58 bits per heavy atom. The van der Waals surface area contributed by atoms with Crippen LogP contribution in [0.5, 0.6) is 0 Å². The summed E-state index contributed by atoms with van der Waals surface area (Å²) in [6, 6.07) is 0. The number of hydrogen-bond acceptors (Lipinski definition) is 3. The molecule has 0 radical (unpaired) electrons. The van der Waals surface area contributed by atoms with Crippen LogP contribution in [0.15, 0.2) is 0 Å². The molecule has 0 aromatic rings. The third-order valence-electron chi connectivity index (χ3n) is 2.68. The number of alkyl halides is 2. The molecule has 0 bridgehead atoms. The molecule has 0 fully saturated rings. The van der Waals surface area contributed by atoms with Gasteiger partial charge < -0.3 is 4.74 Å². The zero-order valence-electron chi connectivity index (χ0n) is 12.0. The lowest BCUT2D eigenvalue weighted by molar-refractivity contribution is -0.143. The summed E-state index contributed by atoms with van der Waals surface area (Å²) in [4.78, 5) is 11.3. The Balaban J connectivity index is 3.34. The van der Waals surface area contributed by atoms with E-state index in [1.54, 1.807) is 11.8 Å². The molecule has 19 heavy (non-hydrogen) atoms. The number of halogens is 2. The Hall–Kier alpha value is -0.320. The lowest BCUT2D eigenvalue weighted by Crippen LogP contribution is -2.13. The Bertz CT molecular complexity index is 225. The normalized spacial score (nSPS) is 12.7. The van der Waals surface area contributed by atoms with E-state index in [0.717, 1.165) is 31.4 Å². The van der Waals surface area contributed by atoms with E-state index in [9.17, 15) is 13.6 Å². The largest absolute Gasteiger partial charge is 0.465 e. The molecule has 1 unspecified atom stereocenters. The van der Waals surface area contributed by atoms with E-state index in [1.807, 2.05) is 13.8 Å². The van der Waals surface area contributed by atoms with E-state index >= 15 is 0 Å². The van der Waals surface area contributed by atoms with Crippen LogP contribution >= 0.6 is 11.8 Å². The van der Waals surface area contributed by atoms with Gasteiger partial charge in [-0.3, -0.25) is 4.79 Å². The molecular formula is C14H26F2O2S. The van der Waals surface area contributed by atoms with Crippen LogP contribution in [0.25, 0.3) is 0 Å². The Morgan fingerprint density at radius 1 is 1.21 bits per heavy atom. The molecule has 5 heteroatoms. The standard InChI is InChI=1S/C14H26F2O2S/c1-3-4-9-14(17)18-11-12(2)19-10-7-5-6-8-13(15)16/h12-13H,3-11H2,1-2H3. The molecule has 0 rings (SSSR count). The first kappa shape index (κ1) is 18.7. The fourth-order valence-electron chi connectivity index (χ4n) is 1.51. The van der Waals surface area contributed by atoms with E-state index in [-0.39, 0.29) is 17.6 Å². The summed E-state index contributed by atoms with van der Waals surface area (Å²) >= 11 is 1.74. The third kappa shape index (κ3) is 13.9. The van der Waals surface area contributed by atoms with Gasteiger partial charge in [-0.15, -0.1) is 0 Å². The first-order chi connectivity index (χ1) is 9.06. The number of unbranched alkanes of at least 4 members (excludes halogenated alkanes) is 3. The first-order valence-electron chi connectivity index (χ1n) is 7.11. The second-order valence-corrected chi connectivity index (χ2v) is 6.25. The van der Waals surface area contributed by atoms with Gasteiger partial charge in [0, 0.05) is 18.1 Å². The van der Waals surface area contributed by atoms with E-state index in [2.05, 4.69) is 0 Å². The van der Waals surface area contributed by atoms with Crippen LogP contribution < -0.4 is 0 Å². The maximum atomic E-state index is 11.9. The van der Waals surface area contributed by atoms with Gasteiger partial charge in [0.05, 0.1) is 0 Å². The third-order valence-corrected chi connectivity index (χ3v) is 3.91. The monoisotopic (exact) mass is 296 g/mol. The Morgan fingerprint density at radius 2 is 1.95 bits per heavy atom. The highest BCUT2D eigenvalue weighted by atomic mass is 32.2. The van der Waals surface area contributed by atoms with Gasteiger partial charge >= 0.3 is 5.97 Å². The van der Waals surface area contributed by atoms with Crippen molar-refractivity contribution in [3.8, 4) is 0 Å². The molecule has 0 aliphatic rings. The average molecular weight is 296 g/mol. The molecule has 0 amide bonds. The molecule has 114 valence electrons. The summed E-state index contributed by atoms with van der Waals surface area (Å²) < 4.78 is 28.9. The summed E-state index contributed by atoms with van der Waals surface area (Å²) in [7, 11) is 0. The molecule has 0 saturated heterocycles. The quantitative estimate of drug-likeness (QED) is 0.387. The highest BCUT2D eigenvalue weighted by Crippen LogP contribution is 2.15. The summed E-state index contributed by atoms with van der Waals surface area (Å²) in [5, 5.41) is 0.278. The highest BCUT2D eigenvalue weighted by Gasteiger charge is 2.07. The fraction of sp³-hybridized carbons (Fsp3) is 0.929. The van der Waals surface area contributed by atoms with Crippen molar-refractivity contribution in [2.45, 2.75) is 70.5 Å². The second-order valence-electron chi connectivity index (χ2n) is 4.71. The Kier molecular flexibility index (Phi) is 12.5. The summed E-state index contributed by atoms with van der Waals surface area (Å²) in [5.74, 6) is 0.822. The Labute approximate surface area is 119 Å². The predicted molar refractivity (Wildman–Crippen MR) is 76.9 cm³/mol. The average Bonchev–Trinajstić information content (AvgIpc) is 2.37. The van der Waals surface area contributed by atoms with Gasteiger partial charge in [-0.1, -0.05) is 19.8 Å². The minimum absolute atomic E-state index is 0.00919. The maximum Gasteiger partial charge on any atom is 0.305 e. The number of thioether (sulfide) groups is 1. The van der Waals surface area contributed by atoms with Crippen molar-refractivity contribution in [2.24, 2.45) is 0 Å². The molecule has 0 spiro atoms. The second kappa shape index (κ2) is 12.7. The van der Waals surface area contributed by atoms with Crippen LogP contribution in [0.1, 0.15) is 58.8 Å². The van der Waals surface area contributed by atoms with Crippen molar-refractivity contribution in [3.63, 3.8) is 0 Å². The number of esters is 1. The summed E-state index contributed by atoms with van der Waals surface area (Å²) in [5.41, 5.74) is 0. The summed E-state index contributed by atoms with van der Waals surface area (Å²) in [6.07, 6.45) is 2.61. The molecule has 0 heterocycles. The van der Waals surface area contributed by atoms with Gasteiger partial charge in [0.1, 0.15) is 6.61 Å². The van der Waals surface area contributed by atoms with Gasteiger partial charge in [-0.05, 0) is 31.9 Å². The van der Waals surface area contributed by atoms with Gasteiger partial charge in [0.2, 0.25) is 6.43 Å². The van der Waals surface area contributed by atoms with Gasteiger partial charge in [0.25, 0.3) is 0 Å². The zero-order chi connectivity index (χ0) is 14.5. The number of rotatable bonds is 12. The molecule has 0 aromatic heterocycles. The number of carbonyl (C=O) groups excluding carboxylic acids is 1. The van der Waals surface area contributed by atoms with Crippen molar-refractivity contribution < 1.29 is 18.3 Å². The molecule has 0 aliphatic heterocycles. The maximum absolute atomic E-state index is 11.9. The minimum atomic E-state index is -2.17. The van der Waals surface area contributed by atoms with Crippen molar-refractivity contribution >= 4 is 17.7 Å². The number of hydrogen-bond donors (Lipinski definition) is 0. The molecule has 0 N–H and O–H groups in total. The van der Waals surface area contributed by atoms with E-state index in [1.165, 1.54) is 0 Å². The van der Waals surface area contributed by atoms with Crippen molar-refractivity contribution in [3.05, 3.63) is 0 Å². The van der Waals surface area contributed by atoms with Crippen LogP contribution in [0.3, 0.4) is 0 Å². The zero-order valence-corrected chi connectivity index (χ0v) is 12.8. The fourth-order valence-corrected chi connectivity index (χ4v) is 2.45. The minimum Gasteiger partial charge on any atom is -0.465 e. The van der Waals surface area contributed by atoms with Crippen LogP contribution in [0.4, 0.5) is 8.78 Å². The summed E-state index contributed by atoms with van der Waals surface area (Å²) in [6.45, 7) is 4.51. The van der Waals surface area contributed by atoms with Crippen LogP contribution in [-0.4, -0.2) is 30.0 Å². The van der Waals surface area contributed by atoms with Crippen LogP contribution in [0.2, 0.25) is 0 Å². The van der Waals surface area contributed by atoms with E-state index < -0.39 is 6.43 Å². The number of ether oxygens (including phenoxy) is 1. The van der Waals surface area contributed by atoms with Crippen LogP contribution in [0, 0.1) is 0 Å². The SMILES string of the molecule is CCCCC(=O)OCC(C)SCCCCCC(F)F. The predicted octanol–water partition coefficient (Wildman–Crippen LogP) is 4.67. The van der Waals surface area contributed by atoms with Crippen molar-refractivity contribution in [1.82, 2.24) is 0 Å². The lowest BCUT2D eigenvalue weighted by Gasteiger charge is -2.11. The molecule has 0 aromatic carbocycles. The first-order valence-corrected chi connectivity index (χ1v) is 8.16. The molecule has 0 saturated carbocycles. The lowest BCUT2D eigenvalue weighted by atomic mass is 10.2. The number of carbonyl (C=O) groups is 1. The molecule has 2 nitrogen and oxygen atoms in total. The van der Waals surface area contributed by atoms with Gasteiger partial charge in [0.15, 0.2) is 0 Å². The topological polar surface area (TPSA) is 26.3 Å². The molecular weight excluding hydrogens is 270 g/mol. The van der Waals surface area contributed by atoms with Gasteiger partial charge in [-0.25, -0.2) is 8.78 Å². The van der Waals surface area contributed by atoms with E-state index in [4.69, 9.17) is 4.74 Å². The van der Waals surface area contributed by atoms with E-state index in [0.29, 0.717) is 19.4 Å². The van der Waals surface area contributed by atoms with Crippen LogP contribution in [-0.2, 0) is 9.53 Å².